The highest BCUT2D eigenvalue weighted by molar-refractivity contribution is 14.0. The van der Waals surface area contributed by atoms with Crippen molar-refractivity contribution in [3.63, 3.8) is 0 Å². The number of nitrogens with zero attached hydrogens (tertiary/aromatic N) is 4. The Morgan fingerprint density at radius 2 is 1.75 bits per heavy atom. The SMILES string of the molecule is CN=C(NCCN(C(C)C)C(C)C)NCC1CN(C)CCN1C.I. The van der Waals surface area contributed by atoms with Crippen molar-refractivity contribution in [1.29, 1.82) is 0 Å². The first-order chi connectivity index (χ1) is 10.8. The first-order valence-electron chi connectivity index (χ1n) is 8.94. The summed E-state index contributed by atoms with van der Waals surface area (Å²) in [5.74, 6) is 0.902. The van der Waals surface area contributed by atoms with Gasteiger partial charge in [-0.2, -0.15) is 0 Å². The fourth-order valence-corrected chi connectivity index (χ4v) is 3.17. The van der Waals surface area contributed by atoms with E-state index in [0.717, 1.165) is 45.2 Å². The zero-order chi connectivity index (χ0) is 17.4. The van der Waals surface area contributed by atoms with Crippen LogP contribution in [0.5, 0.6) is 0 Å². The van der Waals surface area contributed by atoms with E-state index in [4.69, 9.17) is 0 Å². The van der Waals surface area contributed by atoms with Gasteiger partial charge in [-0.05, 0) is 41.8 Å². The number of rotatable bonds is 7. The van der Waals surface area contributed by atoms with Gasteiger partial charge in [-0.1, -0.05) is 0 Å². The first kappa shape index (κ1) is 23.9. The van der Waals surface area contributed by atoms with E-state index in [1.165, 1.54) is 0 Å². The third-order valence-electron chi connectivity index (χ3n) is 4.70. The van der Waals surface area contributed by atoms with Crippen molar-refractivity contribution in [3.05, 3.63) is 0 Å². The van der Waals surface area contributed by atoms with Crippen LogP contribution in [0.2, 0.25) is 0 Å². The average molecular weight is 454 g/mol. The summed E-state index contributed by atoms with van der Waals surface area (Å²) in [5.41, 5.74) is 0. The summed E-state index contributed by atoms with van der Waals surface area (Å²) >= 11 is 0. The van der Waals surface area contributed by atoms with Gasteiger partial charge in [-0.3, -0.25) is 14.8 Å². The molecule has 2 N–H and O–H groups in total. The lowest BCUT2D eigenvalue weighted by atomic mass is 10.2. The maximum absolute atomic E-state index is 4.35. The van der Waals surface area contributed by atoms with Crippen molar-refractivity contribution < 1.29 is 0 Å². The summed E-state index contributed by atoms with van der Waals surface area (Å²) in [6.45, 7) is 15.3. The summed E-state index contributed by atoms with van der Waals surface area (Å²) in [6, 6.07) is 1.67. The lowest BCUT2D eigenvalue weighted by Crippen LogP contribution is -2.55. The Bertz CT molecular complexity index is 353. The van der Waals surface area contributed by atoms with Crippen LogP contribution in [-0.2, 0) is 0 Å². The molecule has 1 aliphatic rings. The number of hydrogen-bond acceptors (Lipinski definition) is 4. The van der Waals surface area contributed by atoms with Crippen molar-refractivity contribution in [2.75, 3.05) is 60.4 Å². The maximum Gasteiger partial charge on any atom is 0.191 e. The number of piperazine rings is 1. The molecule has 0 radical (unpaired) electrons. The lowest BCUT2D eigenvalue weighted by Gasteiger charge is -2.38. The smallest absolute Gasteiger partial charge is 0.191 e. The van der Waals surface area contributed by atoms with Crippen LogP contribution in [-0.4, -0.2) is 99.2 Å². The maximum atomic E-state index is 4.35. The van der Waals surface area contributed by atoms with Crippen LogP contribution in [0.25, 0.3) is 0 Å². The predicted octanol–water partition coefficient (Wildman–Crippen LogP) is 1.13. The third kappa shape index (κ3) is 8.31. The van der Waals surface area contributed by atoms with Gasteiger partial charge in [0.2, 0.25) is 0 Å². The van der Waals surface area contributed by atoms with Crippen LogP contribution in [0.1, 0.15) is 27.7 Å². The molecule has 0 bridgehead atoms. The number of hydrogen-bond donors (Lipinski definition) is 2. The Morgan fingerprint density at radius 3 is 2.29 bits per heavy atom. The van der Waals surface area contributed by atoms with Gasteiger partial charge in [0.05, 0.1) is 0 Å². The van der Waals surface area contributed by atoms with E-state index in [1.807, 2.05) is 7.05 Å². The van der Waals surface area contributed by atoms with Gasteiger partial charge in [0, 0.05) is 64.4 Å². The van der Waals surface area contributed by atoms with E-state index in [2.05, 4.69) is 72.1 Å². The van der Waals surface area contributed by atoms with Gasteiger partial charge in [0.15, 0.2) is 5.96 Å². The molecule has 0 aromatic rings. The standard InChI is InChI=1S/C17H38N6.HI/c1-14(2)23(15(3)4)9-8-19-17(18-5)20-12-16-13-21(6)10-11-22(16)7;/h14-16H,8-13H2,1-7H3,(H2,18,19,20);1H. The largest absolute Gasteiger partial charge is 0.355 e. The summed E-state index contributed by atoms with van der Waals surface area (Å²) in [4.78, 5) is 11.7. The Labute approximate surface area is 166 Å². The minimum atomic E-state index is 0. The van der Waals surface area contributed by atoms with Crippen molar-refractivity contribution in [2.45, 2.75) is 45.8 Å². The summed E-state index contributed by atoms with van der Waals surface area (Å²) in [7, 11) is 6.24. The highest BCUT2D eigenvalue weighted by atomic mass is 127. The minimum Gasteiger partial charge on any atom is -0.355 e. The number of aliphatic imine (C=N–C) groups is 1. The zero-order valence-corrected chi connectivity index (χ0v) is 19.0. The van der Waals surface area contributed by atoms with E-state index < -0.39 is 0 Å². The molecule has 1 atom stereocenters. The zero-order valence-electron chi connectivity index (χ0n) is 16.7. The van der Waals surface area contributed by atoms with Crippen LogP contribution < -0.4 is 10.6 Å². The molecule has 1 heterocycles. The van der Waals surface area contributed by atoms with E-state index in [1.54, 1.807) is 0 Å². The van der Waals surface area contributed by atoms with Gasteiger partial charge < -0.3 is 15.5 Å². The molecule has 1 rings (SSSR count). The molecule has 144 valence electrons. The number of guanidine groups is 1. The molecular weight excluding hydrogens is 415 g/mol. The molecular formula is C17H39IN6. The van der Waals surface area contributed by atoms with E-state index in [9.17, 15) is 0 Å². The van der Waals surface area contributed by atoms with Gasteiger partial charge in [-0.25, -0.2) is 0 Å². The molecule has 0 aliphatic carbocycles. The molecule has 0 amide bonds. The number of nitrogens with one attached hydrogen (secondary N) is 2. The average Bonchev–Trinajstić information content (AvgIpc) is 2.48. The lowest BCUT2D eigenvalue weighted by molar-refractivity contribution is 0.116. The van der Waals surface area contributed by atoms with Crippen molar-refractivity contribution in [2.24, 2.45) is 4.99 Å². The first-order valence-corrected chi connectivity index (χ1v) is 8.94. The molecule has 1 aliphatic heterocycles. The quantitative estimate of drug-likeness (QED) is 0.343. The van der Waals surface area contributed by atoms with E-state index in [-0.39, 0.29) is 24.0 Å². The Kier molecular flexibility index (Phi) is 12.2. The second kappa shape index (κ2) is 12.3. The normalized spacial score (nSPS) is 20.6. The van der Waals surface area contributed by atoms with Crippen molar-refractivity contribution >= 4 is 29.9 Å². The van der Waals surface area contributed by atoms with Crippen LogP contribution in [0.15, 0.2) is 4.99 Å². The molecule has 0 aromatic heterocycles. The Morgan fingerprint density at radius 1 is 1.12 bits per heavy atom. The Balaban J connectivity index is 0.00000529. The summed E-state index contributed by atoms with van der Waals surface area (Å²) in [6.07, 6.45) is 0. The molecule has 6 nitrogen and oxygen atoms in total. The molecule has 0 spiro atoms. The summed E-state index contributed by atoms with van der Waals surface area (Å²) in [5, 5.41) is 6.91. The van der Waals surface area contributed by atoms with Crippen LogP contribution in [0.3, 0.4) is 0 Å². The summed E-state index contributed by atoms with van der Waals surface area (Å²) < 4.78 is 0. The molecule has 1 unspecified atom stereocenters. The Hall–Kier alpha value is -0.120. The molecule has 0 saturated carbocycles. The fraction of sp³-hybridized carbons (Fsp3) is 0.941. The second-order valence-electron chi connectivity index (χ2n) is 7.20. The van der Waals surface area contributed by atoms with Crippen LogP contribution in [0.4, 0.5) is 0 Å². The van der Waals surface area contributed by atoms with Crippen molar-refractivity contribution in [1.82, 2.24) is 25.3 Å². The number of likely N-dealkylation sites (N-methyl/N-ethyl adjacent to an activating group) is 2. The fourth-order valence-electron chi connectivity index (χ4n) is 3.17. The van der Waals surface area contributed by atoms with E-state index in [0.29, 0.717) is 18.1 Å². The second-order valence-corrected chi connectivity index (χ2v) is 7.20. The monoisotopic (exact) mass is 454 g/mol. The highest BCUT2D eigenvalue weighted by Gasteiger charge is 2.22. The van der Waals surface area contributed by atoms with Gasteiger partial charge in [0.25, 0.3) is 0 Å². The van der Waals surface area contributed by atoms with Crippen molar-refractivity contribution in [3.8, 4) is 0 Å². The third-order valence-corrected chi connectivity index (χ3v) is 4.70. The molecule has 1 saturated heterocycles. The molecule has 24 heavy (non-hydrogen) atoms. The molecule has 1 fully saturated rings. The topological polar surface area (TPSA) is 46.1 Å². The van der Waals surface area contributed by atoms with Crippen LogP contribution >= 0.6 is 24.0 Å². The molecule has 0 aromatic carbocycles. The van der Waals surface area contributed by atoms with Crippen LogP contribution in [0, 0.1) is 0 Å². The highest BCUT2D eigenvalue weighted by Crippen LogP contribution is 2.05. The number of halogens is 1. The minimum absolute atomic E-state index is 0. The predicted molar refractivity (Wildman–Crippen MR) is 116 cm³/mol. The van der Waals surface area contributed by atoms with E-state index >= 15 is 0 Å². The van der Waals surface area contributed by atoms with Gasteiger partial charge >= 0.3 is 0 Å². The van der Waals surface area contributed by atoms with Gasteiger partial charge in [0.1, 0.15) is 0 Å². The molecule has 7 heteroatoms. The van der Waals surface area contributed by atoms with Gasteiger partial charge in [-0.15, -0.1) is 24.0 Å².